The first-order valence-corrected chi connectivity index (χ1v) is 8.95. The number of halogens is 2. The number of nitrogens with zero attached hydrogens (tertiary/aromatic N) is 1. The molecule has 1 heterocycles. The van der Waals surface area contributed by atoms with Crippen LogP contribution < -0.4 is 11.1 Å². The number of fused-ring (bicyclic) bond motifs is 1. The fourth-order valence-electron chi connectivity index (χ4n) is 2.61. The highest BCUT2D eigenvalue weighted by Gasteiger charge is 2.13. The Hall–Kier alpha value is -2.05. The van der Waals surface area contributed by atoms with Crippen molar-refractivity contribution in [2.45, 2.75) is 25.9 Å². The Labute approximate surface area is 157 Å². The molecule has 0 spiro atoms. The number of aromatic nitrogens is 1. The first-order chi connectivity index (χ1) is 11.9. The molecular formula is C18H16BrClN2O3. The van der Waals surface area contributed by atoms with E-state index in [1.807, 2.05) is 31.2 Å². The zero-order valence-corrected chi connectivity index (χ0v) is 15.8. The van der Waals surface area contributed by atoms with Crippen LogP contribution in [0.3, 0.4) is 0 Å². The van der Waals surface area contributed by atoms with Gasteiger partial charge in [-0.3, -0.25) is 9.36 Å². The van der Waals surface area contributed by atoms with E-state index in [2.05, 4.69) is 21.2 Å². The number of rotatable bonds is 5. The average Bonchev–Trinajstić information content (AvgIpc) is 2.87. The molecule has 3 aromatic rings. The molecule has 0 aliphatic carbocycles. The topological polar surface area (TPSA) is 64.2 Å². The van der Waals surface area contributed by atoms with Gasteiger partial charge in [0.1, 0.15) is 0 Å². The van der Waals surface area contributed by atoms with Crippen molar-refractivity contribution >= 4 is 44.5 Å². The van der Waals surface area contributed by atoms with E-state index in [1.54, 1.807) is 18.2 Å². The number of carbonyl (C=O) groups excluding carboxylic acids is 1. The SMILES string of the molecule is CC(NC(=O)CCn1c(=O)oc2cc(Cl)ccc21)c1ccc(Br)cc1. The number of hydrogen-bond donors (Lipinski definition) is 1. The van der Waals surface area contributed by atoms with Gasteiger partial charge in [0.25, 0.3) is 0 Å². The van der Waals surface area contributed by atoms with E-state index in [0.29, 0.717) is 16.1 Å². The van der Waals surface area contributed by atoms with Crippen LogP contribution in [-0.2, 0) is 11.3 Å². The highest BCUT2D eigenvalue weighted by molar-refractivity contribution is 9.10. The lowest BCUT2D eigenvalue weighted by molar-refractivity contribution is -0.121. The normalized spacial score (nSPS) is 12.3. The molecule has 2 aromatic carbocycles. The summed E-state index contributed by atoms with van der Waals surface area (Å²) >= 11 is 9.28. The molecule has 1 atom stereocenters. The van der Waals surface area contributed by atoms with E-state index < -0.39 is 5.76 Å². The van der Waals surface area contributed by atoms with Crippen molar-refractivity contribution in [3.8, 4) is 0 Å². The van der Waals surface area contributed by atoms with Gasteiger partial charge in [-0.2, -0.15) is 0 Å². The number of nitrogens with one attached hydrogen (secondary N) is 1. The molecule has 25 heavy (non-hydrogen) atoms. The quantitative estimate of drug-likeness (QED) is 0.666. The van der Waals surface area contributed by atoms with Gasteiger partial charge < -0.3 is 9.73 Å². The molecule has 1 aromatic heterocycles. The summed E-state index contributed by atoms with van der Waals surface area (Å²) in [6.07, 6.45) is 0.179. The molecule has 0 saturated heterocycles. The molecular weight excluding hydrogens is 408 g/mol. The largest absolute Gasteiger partial charge is 0.419 e. The third kappa shape index (κ3) is 4.14. The minimum atomic E-state index is -0.494. The smallest absolute Gasteiger partial charge is 0.408 e. The van der Waals surface area contributed by atoms with E-state index in [-0.39, 0.29) is 24.9 Å². The van der Waals surface area contributed by atoms with Crippen LogP contribution in [0.1, 0.15) is 24.9 Å². The molecule has 0 fully saturated rings. The summed E-state index contributed by atoms with van der Waals surface area (Å²) in [5.74, 6) is -0.628. The Bertz CT molecular complexity index is 963. The van der Waals surface area contributed by atoms with E-state index in [0.717, 1.165) is 10.0 Å². The van der Waals surface area contributed by atoms with Crippen molar-refractivity contribution in [2.24, 2.45) is 0 Å². The Morgan fingerprint density at radius 3 is 2.72 bits per heavy atom. The molecule has 1 N–H and O–H groups in total. The van der Waals surface area contributed by atoms with Crippen molar-refractivity contribution in [2.75, 3.05) is 0 Å². The standard InChI is InChI=1S/C18H16BrClN2O3/c1-11(12-2-4-13(19)5-3-12)21-17(23)8-9-22-15-7-6-14(20)10-16(15)25-18(22)24/h2-7,10-11H,8-9H2,1H3,(H,21,23). The maximum Gasteiger partial charge on any atom is 0.419 e. The minimum absolute atomic E-state index is 0.114. The summed E-state index contributed by atoms with van der Waals surface area (Å²) < 4.78 is 7.59. The lowest BCUT2D eigenvalue weighted by Crippen LogP contribution is -2.28. The Balaban J connectivity index is 1.65. The summed E-state index contributed by atoms with van der Waals surface area (Å²) in [6.45, 7) is 2.16. The van der Waals surface area contributed by atoms with Gasteiger partial charge in [-0.1, -0.05) is 39.7 Å². The number of benzene rings is 2. The van der Waals surface area contributed by atoms with Gasteiger partial charge in [0.15, 0.2) is 5.58 Å². The number of oxazole rings is 1. The van der Waals surface area contributed by atoms with Crippen molar-refractivity contribution in [1.82, 2.24) is 9.88 Å². The molecule has 5 nitrogen and oxygen atoms in total. The van der Waals surface area contributed by atoms with Gasteiger partial charge in [0.2, 0.25) is 5.91 Å². The molecule has 0 saturated carbocycles. The third-order valence-corrected chi connectivity index (χ3v) is 4.70. The van der Waals surface area contributed by atoms with Crippen LogP contribution in [0.5, 0.6) is 0 Å². The Morgan fingerprint density at radius 2 is 2.00 bits per heavy atom. The first-order valence-electron chi connectivity index (χ1n) is 7.78. The van der Waals surface area contributed by atoms with Crippen LogP contribution in [0.4, 0.5) is 0 Å². The van der Waals surface area contributed by atoms with E-state index in [4.69, 9.17) is 16.0 Å². The summed E-state index contributed by atoms with van der Waals surface area (Å²) in [5, 5.41) is 3.43. The molecule has 1 unspecified atom stereocenters. The predicted molar refractivity (Wildman–Crippen MR) is 101 cm³/mol. The lowest BCUT2D eigenvalue weighted by atomic mass is 10.1. The monoisotopic (exact) mass is 422 g/mol. The fraction of sp³-hybridized carbons (Fsp3) is 0.222. The highest BCUT2D eigenvalue weighted by atomic mass is 79.9. The number of aryl methyl sites for hydroxylation is 1. The third-order valence-electron chi connectivity index (χ3n) is 3.94. The van der Waals surface area contributed by atoms with Gasteiger partial charge in [-0.15, -0.1) is 0 Å². The molecule has 0 aliphatic heterocycles. The Morgan fingerprint density at radius 1 is 1.28 bits per heavy atom. The summed E-state index contributed by atoms with van der Waals surface area (Å²) in [5.41, 5.74) is 2.06. The van der Waals surface area contributed by atoms with Gasteiger partial charge in [0, 0.05) is 28.5 Å². The highest BCUT2D eigenvalue weighted by Crippen LogP contribution is 2.19. The van der Waals surface area contributed by atoms with Crippen molar-refractivity contribution < 1.29 is 9.21 Å². The number of hydrogen-bond acceptors (Lipinski definition) is 3. The van der Waals surface area contributed by atoms with Crippen LogP contribution in [-0.4, -0.2) is 10.5 Å². The second-order valence-electron chi connectivity index (χ2n) is 5.72. The Kier molecular flexibility index (Phi) is 5.30. The summed E-state index contributed by atoms with van der Waals surface area (Å²) in [4.78, 5) is 24.2. The van der Waals surface area contributed by atoms with Gasteiger partial charge in [0.05, 0.1) is 11.6 Å². The van der Waals surface area contributed by atoms with E-state index >= 15 is 0 Å². The molecule has 7 heteroatoms. The lowest BCUT2D eigenvalue weighted by Gasteiger charge is -2.14. The maximum absolute atomic E-state index is 12.2. The van der Waals surface area contributed by atoms with Crippen LogP contribution in [0.2, 0.25) is 5.02 Å². The maximum atomic E-state index is 12.2. The summed E-state index contributed by atoms with van der Waals surface area (Å²) in [7, 11) is 0. The predicted octanol–water partition coefficient (Wildman–Crippen LogP) is 4.28. The van der Waals surface area contributed by atoms with Gasteiger partial charge in [-0.25, -0.2) is 4.79 Å². The van der Waals surface area contributed by atoms with Gasteiger partial charge in [-0.05, 0) is 36.8 Å². The van der Waals surface area contributed by atoms with Crippen molar-refractivity contribution in [1.29, 1.82) is 0 Å². The fourth-order valence-corrected chi connectivity index (χ4v) is 3.04. The van der Waals surface area contributed by atoms with Crippen LogP contribution in [0.25, 0.3) is 11.1 Å². The zero-order valence-electron chi connectivity index (χ0n) is 13.5. The molecule has 0 bridgehead atoms. The second-order valence-corrected chi connectivity index (χ2v) is 7.07. The van der Waals surface area contributed by atoms with Crippen LogP contribution in [0.15, 0.2) is 56.1 Å². The second kappa shape index (κ2) is 7.45. The van der Waals surface area contributed by atoms with Crippen molar-refractivity contribution in [3.63, 3.8) is 0 Å². The summed E-state index contributed by atoms with van der Waals surface area (Å²) in [6, 6.07) is 12.6. The molecule has 1 amide bonds. The number of carbonyl (C=O) groups is 1. The van der Waals surface area contributed by atoms with Crippen LogP contribution >= 0.6 is 27.5 Å². The van der Waals surface area contributed by atoms with Crippen molar-refractivity contribution in [3.05, 3.63) is 68.1 Å². The minimum Gasteiger partial charge on any atom is -0.408 e. The number of amides is 1. The molecule has 0 radical (unpaired) electrons. The first kappa shape index (κ1) is 17.8. The van der Waals surface area contributed by atoms with Crippen LogP contribution in [0, 0.1) is 0 Å². The molecule has 3 rings (SSSR count). The van der Waals surface area contributed by atoms with E-state index in [1.165, 1.54) is 4.57 Å². The molecule has 0 aliphatic rings. The van der Waals surface area contributed by atoms with E-state index in [9.17, 15) is 9.59 Å². The molecule has 130 valence electrons. The zero-order chi connectivity index (χ0) is 18.0. The average molecular weight is 424 g/mol. The van der Waals surface area contributed by atoms with Gasteiger partial charge >= 0.3 is 5.76 Å².